The van der Waals surface area contributed by atoms with Crippen LogP contribution in [0.4, 0.5) is 0 Å². The Morgan fingerprint density at radius 1 is 1.12 bits per heavy atom. The molecule has 0 N–H and O–H groups in total. The fraction of sp³-hybridized carbons (Fsp3) is 0.467. The van der Waals surface area contributed by atoms with Crippen LogP contribution in [-0.2, 0) is 36.9 Å². The number of amides is 1. The van der Waals surface area contributed by atoms with E-state index in [4.69, 9.17) is 0 Å². The van der Waals surface area contributed by atoms with E-state index in [1.807, 2.05) is 0 Å². The Kier molecular flexibility index (Phi) is 2.58. The van der Waals surface area contributed by atoms with Crippen molar-refractivity contribution in [3.63, 3.8) is 0 Å². The van der Waals surface area contributed by atoms with Crippen LogP contribution in [0.25, 0.3) is 0 Å². The first-order chi connectivity index (χ1) is 8.29. The molecule has 2 aliphatic carbocycles. The van der Waals surface area contributed by atoms with Crippen molar-refractivity contribution < 1.29 is 4.79 Å². The maximum absolute atomic E-state index is 11.6. The number of aliphatic imine (C=N–C) groups is 1. The highest BCUT2D eigenvalue weighted by atomic mass is 16.1. The highest BCUT2D eigenvalue weighted by molar-refractivity contribution is 5.83. The molecule has 0 heterocycles. The maximum Gasteiger partial charge on any atom is 0.249 e. The summed E-state index contributed by atoms with van der Waals surface area (Å²) >= 11 is 0. The van der Waals surface area contributed by atoms with Gasteiger partial charge < -0.3 is 0 Å². The minimum atomic E-state index is -0.0839. The molecule has 0 unspecified atom stereocenters. The summed E-state index contributed by atoms with van der Waals surface area (Å²) in [6.07, 6.45) is 7.60. The fourth-order valence-electron chi connectivity index (χ4n) is 3.36. The minimum absolute atomic E-state index is 0.0839. The largest absolute Gasteiger partial charge is 0.272 e. The van der Waals surface area contributed by atoms with Gasteiger partial charge in [0.2, 0.25) is 5.91 Å². The molecule has 0 bridgehead atoms. The zero-order valence-corrected chi connectivity index (χ0v) is 10.1. The van der Waals surface area contributed by atoms with E-state index >= 15 is 0 Å². The van der Waals surface area contributed by atoms with Gasteiger partial charge in [-0.3, -0.25) is 4.79 Å². The Labute approximate surface area is 102 Å². The zero-order chi connectivity index (χ0) is 11.8. The van der Waals surface area contributed by atoms with Crippen molar-refractivity contribution in [2.24, 2.45) is 4.99 Å². The molecule has 1 aromatic carbocycles. The molecular formula is C15H17NO. The second-order valence-corrected chi connectivity index (χ2v) is 5.07. The van der Waals surface area contributed by atoms with E-state index in [-0.39, 0.29) is 5.91 Å². The van der Waals surface area contributed by atoms with E-state index in [1.165, 1.54) is 53.5 Å². The van der Waals surface area contributed by atoms with Crippen molar-refractivity contribution in [1.82, 2.24) is 0 Å². The number of hydrogen-bond donors (Lipinski definition) is 0. The normalized spacial score (nSPS) is 16.7. The van der Waals surface area contributed by atoms with Gasteiger partial charge in [-0.05, 0) is 73.1 Å². The van der Waals surface area contributed by atoms with Crippen LogP contribution in [0.1, 0.15) is 40.7 Å². The molecule has 2 aliphatic rings. The fourth-order valence-corrected chi connectivity index (χ4v) is 3.36. The SMILES string of the molecule is C=NC(=O)Cc1c2c(cc3c1CCC3)CCC2. The molecule has 1 amide bonds. The van der Waals surface area contributed by atoms with Gasteiger partial charge >= 0.3 is 0 Å². The van der Waals surface area contributed by atoms with Gasteiger partial charge in [0.1, 0.15) is 0 Å². The molecule has 0 saturated heterocycles. The molecule has 0 atom stereocenters. The molecule has 0 radical (unpaired) electrons. The predicted octanol–water partition coefficient (Wildman–Crippen LogP) is 2.43. The third-order valence-corrected chi connectivity index (χ3v) is 4.10. The van der Waals surface area contributed by atoms with Crippen molar-refractivity contribution in [1.29, 1.82) is 0 Å². The molecule has 0 saturated carbocycles. The number of hydrogen-bond acceptors (Lipinski definition) is 1. The molecule has 2 heteroatoms. The summed E-state index contributed by atoms with van der Waals surface area (Å²) < 4.78 is 0. The molecular weight excluding hydrogens is 210 g/mol. The molecule has 3 rings (SSSR count). The van der Waals surface area contributed by atoms with Crippen LogP contribution < -0.4 is 0 Å². The number of benzene rings is 1. The monoisotopic (exact) mass is 227 g/mol. The summed E-state index contributed by atoms with van der Waals surface area (Å²) in [5.41, 5.74) is 7.16. The van der Waals surface area contributed by atoms with Crippen LogP contribution >= 0.6 is 0 Å². The summed E-state index contributed by atoms with van der Waals surface area (Å²) in [7, 11) is 0. The van der Waals surface area contributed by atoms with Gasteiger partial charge in [-0.2, -0.15) is 0 Å². The highest BCUT2D eigenvalue weighted by Crippen LogP contribution is 2.35. The molecule has 2 nitrogen and oxygen atoms in total. The summed E-state index contributed by atoms with van der Waals surface area (Å²) in [5.74, 6) is -0.0839. The lowest BCUT2D eigenvalue weighted by molar-refractivity contribution is -0.117. The van der Waals surface area contributed by atoms with Crippen molar-refractivity contribution in [2.45, 2.75) is 44.9 Å². The highest BCUT2D eigenvalue weighted by Gasteiger charge is 2.24. The van der Waals surface area contributed by atoms with Crippen molar-refractivity contribution in [3.8, 4) is 0 Å². The molecule has 0 fully saturated rings. The third-order valence-electron chi connectivity index (χ3n) is 4.10. The molecule has 88 valence electrons. The van der Waals surface area contributed by atoms with E-state index < -0.39 is 0 Å². The number of aryl methyl sites for hydroxylation is 2. The first-order valence-corrected chi connectivity index (χ1v) is 6.44. The third kappa shape index (κ3) is 1.72. The molecule has 17 heavy (non-hydrogen) atoms. The first-order valence-electron chi connectivity index (χ1n) is 6.44. The summed E-state index contributed by atoms with van der Waals surface area (Å²) in [6.45, 7) is 3.34. The van der Waals surface area contributed by atoms with Crippen molar-refractivity contribution in [3.05, 3.63) is 33.9 Å². The predicted molar refractivity (Wildman–Crippen MR) is 68.8 cm³/mol. The van der Waals surface area contributed by atoms with E-state index in [9.17, 15) is 4.79 Å². The number of fused-ring (bicyclic) bond motifs is 2. The van der Waals surface area contributed by atoms with Gasteiger partial charge in [0.15, 0.2) is 0 Å². The summed E-state index contributed by atoms with van der Waals surface area (Å²) in [4.78, 5) is 15.1. The zero-order valence-electron chi connectivity index (χ0n) is 10.1. The van der Waals surface area contributed by atoms with Gasteiger partial charge in [-0.15, -0.1) is 0 Å². The number of rotatable bonds is 2. The number of carbonyl (C=O) groups excluding carboxylic acids is 1. The van der Waals surface area contributed by atoms with E-state index in [0.29, 0.717) is 6.42 Å². The maximum atomic E-state index is 11.6. The molecule has 0 spiro atoms. The Bertz CT molecular complexity index is 470. The average molecular weight is 227 g/mol. The van der Waals surface area contributed by atoms with Gasteiger partial charge in [0.05, 0.1) is 6.42 Å². The van der Waals surface area contributed by atoms with E-state index in [1.54, 1.807) is 0 Å². The van der Waals surface area contributed by atoms with Crippen LogP contribution in [0.15, 0.2) is 11.1 Å². The Balaban J connectivity index is 2.11. The van der Waals surface area contributed by atoms with Crippen molar-refractivity contribution >= 4 is 12.6 Å². The van der Waals surface area contributed by atoms with E-state index in [2.05, 4.69) is 17.8 Å². The molecule has 1 aromatic rings. The van der Waals surface area contributed by atoms with Gasteiger partial charge in [0, 0.05) is 0 Å². The Hall–Kier alpha value is -1.44. The first kappa shape index (κ1) is 10.7. The minimum Gasteiger partial charge on any atom is -0.272 e. The van der Waals surface area contributed by atoms with Crippen molar-refractivity contribution in [2.75, 3.05) is 0 Å². The van der Waals surface area contributed by atoms with Gasteiger partial charge in [-0.1, -0.05) is 6.07 Å². The Morgan fingerprint density at radius 3 is 2.24 bits per heavy atom. The smallest absolute Gasteiger partial charge is 0.249 e. The molecule has 0 aliphatic heterocycles. The van der Waals surface area contributed by atoms with E-state index in [0.717, 1.165) is 12.8 Å². The second kappa shape index (κ2) is 4.10. The van der Waals surface area contributed by atoms with Crippen LogP contribution in [0.3, 0.4) is 0 Å². The lowest BCUT2D eigenvalue weighted by atomic mass is 9.92. The van der Waals surface area contributed by atoms with Crippen LogP contribution in [0, 0.1) is 0 Å². The summed E-state index contributed by atoms with van der Waals surface area (Å²) in [5, 5.41) is 0. The quantitative estimate of drug-likeness (QED) is 0.713. The average Bonchev–Trinajstić information content (AvgIpc) is 2.96. The standard InChI is InChI=1S/C15H17NO/c1-16-15(17)9-14-12-6-2-4-10(12)8-11-5-3-7-13(11)14/h8H,1-7,9H2. The van der Waals surface area contributed by atoms with Crippen LogP contribution in [-0.4, -0.2) is 12.6 Å². The second-order valence-electron chi connectivity index (χ2n) is 5.07. The van der Waals surface area contributed by atoms with Gasteiger partial charge in [-0.25, -0.2) is 4.99 Å². The summed E-state index contributed by atoms with van der Waals surface area (Å²) in [6, 6.07) is 2.39. The Morgan fingerprint density at radius 2 is 1.71 bits per heavy atom. The lowest BCUT2D eigenvalue weighted by Gasteiger charge is -2.13. The lowest BCUT2D eigenvalue weighted by Crippen LogP contribution is -2.06. The van der Waals surface area contributed by atoms with Crippen LogP contribution in [0.2, 0.25) is 0 Å². The number of carbonyl (C=O) groups is 1. The topological polar surface area (TPSA) is 29.4 Å². The van der Waals surface area contributed by atoms with Gasteiger partial charge in [0.25, 0.3) is 0 Å². The molecule has 0 aromatic heterocycles. The number of nitrogens with zero attached hydrogens (tertiary/aromatic N) is 1. The van der Waals surface area contributed by atoms with Crippen LogP contribution in [0.5, 0.6) is 0 Å².